The van der Waals surface area contributed by atoms with E-state index in [0.29, 0.717) is 25.1 Å². The van der Waals surface area contributed by atoms with Gasteiger partial charge in [0.15, 0.2) is 0 Å². The zero-order valence-corrected chi connectivity index (χ0v) is 8.89. The maximum Gasteiger partial charge on any atom is 0.335 e. The van der Waals surface area contributed by atoms with Crippen molar-refractivity contribution in [2.24, 2.45) is 0 Å². The van der Waals surface area contributed by atoms with Gasteiger partial charge in [-0.3, -0.25) is 0 Å². The Labute approximate surface area is 83.9 Å². The fourth-order valence-electron chi connectivity index (χ4n) is 1.43. The summed E-state index contributed by atoms with van der Waals surface area (Å²) in [5, 5.41) is 12.7. The zero-order valence-electron chi connectivity index (χ0n) is 8.89. The number of esters is 1. The number of hydrogen-bond donors (Lipinski definition) is 2. The van der Waals surface area contributed by atoms with Crippen LogP contribution in [-0.4, -0.2) is 29.8 Å². The lowest BCUT2D eigenvalue weighted by Crippen LogP contribution is -2.26. The first-order valence-electron chi connectivity index (χ1n) is 4.79. The Morgan fingerprint density at radius 1 is 1.71 bits per heavy atom. The van der Waals surface area contributed by atoms with Gasteiger partial charge in [-0.15, -0.1) is 0 Å². The van der Waals surface area contributed by atoms with E-state index in [2.05, 4.69) is 5.32 Å². The summed E-state index contributed by atoms with van der Waals surface area (Å²) in [7, 11) is 0. The van der Waals surface area contributed by atoms with Crippen LogP contribution >= 0.6 is 0 Å². The van der Waals surface area contributed by atoms with Crippen molar-refractivity contribution < 1.29 is 14.6 Å². The topological polar surface area (TPSA) is 58.6 Å². The summed E-state index contributed by atoms with van der Waals surface area (Å²) >= 11 is 0. The van der Waals surface area contributed by atoms with E-state index in [0.717, 1.165) is 5.70 Å². The molecule has 1 saturated heterocycles. The van der Waals surface area contributed by atoms with E-state index in [1.54, 1.807) is 20.8 Å². The van der Waals surface area contributed by atoms with Gasteiger partial charge < -0.3 is 15.2 Å². The molecule has 0 bridgehead atoms. The lowest BCUT2D eigenvalue weighted by molar-refractivity contribution is -0.138. The first-order valence-corrected chi connectivity index (χ1v) is 4.79. The SMILES string of the molecule is CCOC(=O)/C(C)=C1/CC(C)(O)CN1. The predicted octanol–water partition coefficient (Wildman–Crippen LogP) is 0.568. The molecule has 0 amide bonds. The van der Waals surface area contributed by atoms with Crippen LogP contribution in [0.25, 0.3) is 0 Å². The molecular weight excluding hydrogens is 182 g/mol. The summed E-state index contributed by atoms with van der Waals surface area (Å²) in [4.78, 5) is 11.3. The molecule has 2 N–H and O–H groups in total. The molecule has 0 aromatic rings. The first-order chi connectivity index (χ1) is 6.46. The van der Waals surface area contributed by atoms with Crippen molar-refractivity contribution >= 4 is 5.97 Å². The normalized spacial score (nSPS) is 29.7. The van der Waals surface area contributed by atoms with E-state index in [1.807, 2.05) is 0 Å². The van der Waals surface area contributed by atoms with Crippen LogP contribution in [-0.2, 0) is 9.53 Å². The second-order valence-electron chi connectivity index (χ2n) is 3.85. The van der Waals surface area contributed by atoms with E-state index in [4.69, 9.17) is 4.74 Å². The zero-order chi connectivity index (χ0) is 10.8. The number of ether oxygens (including phenoxy) is 1. The number of carbonyl (C=O) groups is 1. The van der Waals surface area contributed by atoms with E-state index < -0.39 is 5.60 Å². The van der Waals surface area contributed by atoms with Gasteiger partial charge in [0, 0.05) is 18.7 Å². The summed E-state index contributed by atoms with van der Waals surface area (Å²) in [5.74, 6) is -0.312. The highest BCUT2D eigenvalue weighted by Gasteiger charge is 2.30. The molecule has 4 nitrogen and oxygen atoms in total. The standard InChI is InChI=1S/C10H17NO3/c1-4-14-9(12)7(2)8-5-10(3,13)6-11-8/h11,13H,4-6H2,1-3H3/b8-7-. The maximum atomic E-state index is 11.3. The van der Waals surface area contributed by atoms with Crippen molar-refractivity contribution in [3.05, 3.63) is 11.3 Å². The molecular formula is C10H17NO3. The fraction of sp³-hybridized carbons (Fsp3) is 0.700. The van der Waals surface area contributed by atoms with Crippen molar-refractivity contribution in [2.45, 2.75) is 32.8 Å². The largest absolute Gasteiger partial charge is 0.463 e. The van der Waals surface area contributed by atoms with Crippen LogP contribution in [0.5, 0.6) is 0 Å². The Balaban J connectivity index is 2.71. The third-order valence-corrected chi connectivity index (χ3v) is 2.27. The monoisotopic (exact) mass is 199 g/mol. The Bertz CT molecular complexity index is 269. The molecule has 4 heteroatoms. The second kappa shape index (κ2) is 4.00. The van der Waals surface area contributed by atoms with Crippen LogP contribution in [0.3, 0.4) is 0 Å². The Morgan fingerprint density at radius 2 is 2.36 bits per heavy atom. The minimum absolute atomic E-state index is 0.312. The minimum atomic E-state index is -0.747. The number of carbonyl (C=O) groups excluding carboxylic acids is 1. The summed E-state index contributed by atoms with van der Waals surface area (Å²) in [6.07, 6.45) is 0.484. The minimum Gasteiger partial charge on any atom is -0.463 e. The Kier molecular flexibility index (Phi) is 3.16. The highest BCUT2D eigenvalue weighted by atomic mass is 16.5. The number of rotatable bonds is 2. The molecule has 0 aromatic carbocycles. The fourth-order valence-corrected chi connectivity index (χ4v) is 1.43. The average Bonchev–Trinajstić information content (AvgIpc) is 2.45. The third-order valence-electron chi connectivity index (χ3n) is 2.27. The van der Waals surface area contributed by atoms with Crippen molar-refractivity contribution in [1.82, 2.24) is 5.32 Å². The molecule has 1 atom stereocenters. The molecule has 1 fully saturated rings. The van der Waals surface area contributed by atoms with Gasteiger partial charge in [0.2, 0.25) is 0 Å². The van der Waals surface area contributed by atoms with Crippen LogP contribution in [0.2, 0.25) is 0 Å². The summed E-state index contributed by atoms with van der Waals surface area (Å²) in [5.41, 5.74) is 0.599. The lowest BCUT2D eigenvalue weighted by atomic mass is 10.0. The van der Waals surface area contributed by atoms with Gasteiger partial charge in [-0.2, -0.15) is 0 Å². The van der Waals surface area contributed by atoms with Gasteiger partial charge in [-0.1, -0.05) is 0 Å². The molecule has 0 saturated carbocycles. The third kappa shape index (κ3) is 2.48. The van der Waals surface area contributed by atoms with Crippen molar-refractivity contribution in [3.8, 4) is 0 Å². The van der Waals surface area contributed by atoms with E-state index in [-0.39, 0.29) is 5.97 Å². The number of nitrogens with one attached hydrogen (secondary N) is 1. The van der Waals surface area contributed by atoms with Gasteiger partial charge in [0.05, 0.1) is 17.8 Å². The number of β-amino-alcohol motifs (C(OH)–C–C–N with tert-alkyl or cyclic N) is 1. The van der Waals surface area contributed by atoms with Crippen molar-refractivity contribution in [3.63, 3.8) is 0 Å². The smallest absolute Gasteiger partial charge is 0.335 e. The molecule has 14 heavy (non-hydrogen) atoms. The van der Waals surface area contributed by atoms with Gasteiger partial charge in [0.1, 0.15) is 0 Å². The maximum absolute atomic E-state index is 11.3. The van der Waals surface area contributed by atoms with Gasteiger partial charge in [-0.25, -0.2) is 4.79 Å². The van der Waals surface area contributed by atoms with Crippen LogP contribution in [0.1, 0.15) is 27.2 Å². The molecule has 0 aliphatic carbocycles. The van der Waals surface area contributed by atoms with Gasteiger partial charge >= 0.3 is 5.97 Å². The predicted molar refractivity (Wildman–Crippen MR) is 52.6 cm³/mol. The molecule has 0 radical (unpaired) electrons. The van der Waals surface area contributed by atoms with Gasteiger partial charge in [-0.05, 0) is 20.8 Å². The lowest BCUT2D eigenvalue weighted by Gasteiger charge is -2.11. The molecule has 1 heterocycles. The molecule has 1 unspecified atom stereocenters. The first kappa shape index (κ1) is 11.0. The van der Waals surface area contributed by atoms with E-state index in [1.165, 1.54) is 0 Å². The molecule has 0 spiro atoms. The Hall–Kier alpha value is -1.03. The molecule has 1 aliphatic heterocycles. The molecule has 1 rings (SSSR count). The molecule has 0 aromatic heterocycles. The van der Waals surface area contributed by atoms with Crippen LogP contribution < -0.4 is 5.32 Å². The second-order valence-corrected chi connectivity index (χ2v) is 3.85. The van der Waals surface area contributed by atoms with Crippen LogP contribution in [0.15, 0.2) is 11.3 Å². The van der Waals surface area contributed by atoms with Crippen molar-refractivity contribution in [1.29, 1.82) is 0 Å². The van der Waals surface area contributed by atoms with Crippen molar-refractivity contribution in [2.75, 3.05) is 13.2 Å². The summed E-state index contributed by atoms with van der Waals surface area (Å²) in [6, 6.07) is 0. The summed E-state index contributed by atoms with van der Waals surface area (Å²) in [6.45, 7) is 6.08. The van der Waals surface area contributed by atoms with E-state index in [9.17, 15) is 9.90 Å². The summed E-state index contributed by atoms with van der Waals surface area (Å²) < 4.78 is 4.87. The average molecular weight is 199 g/mol. The number of aliphatic hydroxyl groups is 1. The van der Waals surface area contributed by atoms with Crippen LogP contribution in [0, 0.1) is 0 Å². The molecule has 1 aliphatic rings. The van der Waals surface area contributed by atoms with Gasteiger partial charge in [0.25, 0.3) is 0 Å². The highest BCUT2D eigenvalue weighted by Crippen LogP contribution is 2.23. The Morgan fingerprint density at radius 3 is 2.79 bits per heavy atom. The van der Waals surface area contributed by atoms with E-state index >= 15 is 0 Å². The molecule has 80 valence electrons. The van der Waals surface area contributed by atoms with Crippen LogP contribution in [0.4, 0.5) is 0 Å². The number of hydrogen-bond acceptors (Lipinski definition) is 4. The highest BCUT2D eigenvalue weighted by molar-refractivity contribution is 5.88. The quantitative estimate of drug-likeness (QED) is 0.504.